The SMILES string of the molecule is O=C(/C=C/c1ccsc1)NCC1(c2ccsc2)CCCC1. The first-order valence-electron chi connectivity index (χ1n) is 7.29. The highest BCUT2D eigenvalue weighted by Gasteiger charge is 2.35. The molecule has 0 atom stereocenters. The number of carbonyl (C=O) groups is 1. The summed E-state index contributed by atoms with van der Waals surface area (Å²) in [6.07, 6.45) is 8.39. The van der Waals surface area contributed by atoms with Gasteiger partial charge in [0.25, 0.3) is 0 Å². The Morgan fingerprint density at radius 2 is 1.95 bits per heavy atom. The van der Waals surface area contributed by atoms with Gasteiger partial charge in [0.15, 0.2) is 0 Å². The summed E-state index contributed by atoms with van der Waals surface area (Å²) < 4.78 is 0. The van der Waals surface area contributed by atoms with Crippen molar-refractivity contribution < 1.29 is 4.79 Å². The Hall–Kier alpha value is -1.39. The maximum atomic E-state index is 12.0. The van der Waals surface area contributed by atoms with Crippen LogP contribution in [0.15, 0.2) is 39.7 Å². The molecule has 1 aliphatic rings. The topological polar surface area (TPSA) is 29.1 Å². The van der Waals surface area contributed by atoms with E-state index in [0.717, 1.165) is 12.1 Å². The highest BCUT2D eigenvalue weighted by molar-refractivity contribution is 7.08. The molecule has 4 heteroatoms. The number of amides is 1. The molecular formula is C17H19NOS2. The van der Waals surface area contributed by atoms with Crippen molar-refractivity contribution in [3.05, 3.63) is 50.9 Å². The molecule has 1 fully saturated rings. The number of hydrogen-bond acceptors (Lipinski definition) is 3. The number of thiophene rings is 2. The molecule has 0 radical (unpaired) electrons. The van der Waals surface area contributed by atoms with Crippen molar-refractivity contribution in [2.24, 2.45) is 0 Å². The standard InChI is InChI=1S/C17H19NOS2/c19-16(4-3-14-5-9-20-11-14)18-13-17(7-1-2-8-17)15-6-10-21-12-15/h3-6,9-12H,1-2,7-8,13H2,(H,18,19)/b4-3+. The Bertz CT molecular complexity index is 593. The van der Waals surface area contributed by atoms with Crippen LogP contribution in [0.1, 0.15) is 36.8 Å². The second-order valence-corrected chi connectivity index (χ2v) is 7.17. The van der Waals surface area contributed by atoms with Crippen molar-refractivity contribution in [3.63, 3.8) is 0 Å². The second-order valence-electron chi connectivity index (χ2n) is 5.61. The van der Waals surface area contributed by atoms with E-state index in [-0.39, 0.29) is 11.3 Å². The van der Waals surface area contributed by atoms with Crippen LogP contribution >= 0.6 is 22.7 Å². The summed E-state index contributed by atoms with van der Waals surface area (Å²) in [6.45, 7) is 0.747. The Labute approximate surface area is 133 Å². The molecular weight excluding hydrogens is 298 g/mol. The van der Waals surface area contributed by atoms with E-state index in [1.54, 1.807) is 28.7 Å². The van der Waals surface area contributed by atoms with Crippen LogP contribution in [-0.2, 0) is 10.2 Å². The van der Waals surface area contributed by atoms with Gasteiger partial charge in [0.05, 0.1) is 0 Å². The summed E-state index contributed by atoms with van der Waals surface area (Å²) in [7, 11) is 0. The molecule has 0 unspecified atom stereocenters. The molecule has 1 saturated carbocycles. The van der Waals surface area contributed by atoms with Gasteiger partial charge >= 0.3 is 0 Å². The van der Waals surface area contributed by atoms with Gasteiger partial charge in [-0.2, -0.15) is 22.7 Å². The molecule has 0 spiro atoms. The normalized spacial score (nSPS) is 17.3. The molecule has 0 aliphatic heterocycles. The summed E-state index contributed by atoms with van der Waals surface area (Å²) in [5.74, 6) is 0.00250. The monoisotopic (exact) mass is 317 g/mol. The minimum atomic E-state index is 0.00250. The lowest BCUT2D eigenvalue weighted by atomic mass is 9.80. The van der Waals surface area contributed by atoms with Crippen LogP contribution in [-0.4, -0.2) is 12.5 Å². The van der Waals surface area contributed by atoms with Gasteiger partial charge in [0, 0.05) is 18.0 Å². The first-order valence-corrected chi connectivity index (χ1v) is 9.18. The van der Waals surface area contributed by atoms with Crippen molar-refractivity contribution in [3.8, 4) is 0 Å². The Balaban J connectivity index is 1.61. The third kappa shape index (κ3) is 3.44. The molecule has 0 aromatic carbocycles. The van der Waals surface area contributed by atoms with E-state index >= 15 is 0 Å². The second kappa shape index (κ2) is 6.58. The third-order valence-electron chi connectivity index (χ3n) is 4.27. The number of hydrogen-bond donors (Lipinski definition) is 1. The highest BCUT2D eigenvalue weighted by atomic mass is 32.1. The maximum absolute atomic E-state index is 12.0. The van der Waals surface area contributed by atoms with Crippen LogP contribution in [0.5, 0.6) is 0 Å². The number of nitrogens with one attached hydrogen (secondary N) is 1. The molecule has 0 bridgehead atoms. The lowest BCUT2D eigenvalue weighted by molar-refractivity contribution is -0.116. The van der Waals surface area contributed by atoms with Gasteiger partial charge in [-0.05, 0) is 63.7 Å². The number of carbonyl (C=O) groups excluding carboxylic acids is 1. The van der Waals surface area contributed by atoms with Crippen molar-refractivity contribution >= 4 is 34.7 Å². The van der Waals surface area contributed by atoms with Crippen LogP contribution in [0.25, 0.3) is 6.08 Å². The molecule has 110 valence electrons. The zero-order chi connectivity index (χ0) is 14.5. The fourth-order valence-electron chi connectivity index (χ4n) is 3.04. The van der Waals surface area contributed by atoms with E-state index in [2.05, 4.69) is 22.1 Å². The van der Waals surface area contributed by atoms with Gasteiger partial charge < -0.3 is 5.32 Å². The molecule has 3 rings (SSSR count). The van der Waals surface area contributed by atoms with Crippen LogP contribution in [0.2, 0.25) is 0 Å². The zero-order valence-electron chi connectivity index (χ0n) is 11.9. The number of rotatable bonds is 5. The maximum Gasteiger partial charge on any atom is 0.244 e. The molecule has 2 aromatic heterocycles. The van der Waals surface area contributed by atoms with Gasteiger partial charge in [-0.15, -0.1) is 0 Å². The predicted octanol–water partition coefficient (Wildman–Crippen LogP) is 4.45. The quantitative estimate of drug-likeness (QED) is 0.811. The minimum absolute atomic E-state index is 0.00250. The summed E-state index contributed by atoms with van der Waals surface area (Å²) in [5, 5.41) is 11.5. The van der Waals surface area contributed by atoms with Gasteiger partial charge in [-0.25, -0.2) is 0 Å². The van der Waals surface area contributed by atoms with Gasteiger partial charge in [0.2, 0.25) is 5.91 Å². The molecule has 2 heterocycles. The average Bonchev–Trinajstić information content (AvgIpc) is 3.25. The van der Waals surface area contributed by atoms with E-state index in [4.69, 9.17) is 0 Å². The molecule has 0 saturated heterocycles. The minimum Gasteiger partial charge on any atom is -0.352 e. The zero-order valence-corrected chi connectivity index (χ0v) is 13.5. The van der Waals surface area contributed by atoms with E-state index < -0.39 is 0 Å². The lowest BCUT2D eigenvalue weighted by Gasteiger charge is -2.28. The van der Waals surface area contributed by atoms with E-state index in [1.165, 1.54) is 31.2 Å². The Morgan fingerprint density at radius 3 is 2.62 bits per heavy atom. The van der Waals surface area contributed by atoms with Crippen molar-refractivity contribution in [2.45, 2.75) is 31.1 Å². The average molecular weight is 317 g/mol. The van der Waals surface area contributed by atoms with Crippen molar-refractivity contribution in [1.29, 1.82) is 0 Å². The molecule has 21 heavy (non-hydrogen) atoms. The third-order valence-corrected chi connectivity index (χ3v) is 5.65. The smallest absolute Gasteiger partial charge is 0.244 e. The van der Waals surface area contributed by atoms with Crippen molar-refractivity contribution in [2.75, 3.05) is 6.54 Å². The largest absolute Gasteiger partial charge is 0.352 e. The lowest BCUT2D eigenvalue weighted by Crippen LogP contribution is -2.38. The van der Waals surface area contributed by atoms with Crippen LogP contribution in [0.3, 0.4) is 0 Å². The summed E-state index contributed by atoms with van der Waals surface area (Å²) in [6, 6.07) is 4.22. The first-order chi connectivity index (χ1) is 10.3. The first kappa shape index (κ1) is 14.5. The predicted molar refractivity (Wildman–Crippen MR) is 90.8 cm³/mol. The molecule has 2 aromatic rings. The van der Waals surface area contributed by atoms with Gasteiger partial charge in [0.1, 0.15) is 0 Å². The van der Waals surface area contributed by atoms with Crippen LogP contribution in [0.4, 0.5) is 0 Å². The highest BCUT2D eigenvalue weighted by Crippen LogP contribution is 2.41. The Morgan fingerprint density at radius 1 is 1.19 bits per heavy atom. The van der Waals surface area contributed by atoms with Crippen LogP contribution in [0, 0.1) is 0 Å². The molecule has 1 N–H and O–H groups in total. The molecule has 1 amide bonds. The van der Waals surface area contributed by atoms with E-state index in [0.29, 0.717) is 0 Å². The van der Waals surface area contributed by atoms with Gasteiger partial charge in [-0.1, -0.05) is 12.8 Å². The van der Waals surface area contributed by atoms with Gasteiger partial charge in [-0.3, -0.25) is 4.79 Å². The molecule has 1 aliphatic carbocycles. The fraction of sp³-hybridized carbons (Fsp3) is 0.353. The summed E-state index contributed by atoms with van der Waals surface area (Å²) in [5.41, 5.74) is 2.64. The Kier molecular flexibility index (Phi) is 4.56. The fourth-order valence-corrected chi connectivity index (χ4v) is 4.45. The molecule has 2 nitrogen and oxygen atoms in total. The van der Waals surface area contributed by atoms with Crippen LogP contribution < -0.4 is 5.32 Å². The van der Waals surface area contributed by atoms with Crippen molar-refractivity contribution in [1.82, 2.24) is 5.32 Å². The summed E-state index contributed by atoms with van der Waals surface area (Å²) in [4.78, 5) is 12.0. The summed E-state index contributed by atoms with van der Waals surface area (Å²) >= 11 is 3.38. The van der Waals surface area contributed by atoms with E-state index in [9.17, 15) is 4.79 Å². The van der Waals surface area contributed by atoms with E-state index in [1.807, 2.05) is 22.9 Å².